The van der Waals surface area contributed by atoms with Gasteiger partial charge in [-0.2, -0.15) is 0 Å². The van der Waals surface area contributed by atoms with Gasteiger partial charge in [-0.1, -0.05) is 11.6 Å². The van der Waals surface area contributed by atoms with Gasteiger partial charge in [-0.15, -0.1) is 0 Å². The van der Waals surface area contributed by atoms with Crippen LogP contribution < -0.4 is 4.74 Å². The topological polar surface area (TPSA) is 42.0 Å². The maximum atomic E-state index is 11.7. The lowest BCUT2D eigenvalue weighted by Gasteiger charge is -2.34. The fourth-order valence-electron chi connectivity index (χ4n) is 2.26. The first-order valence-electron chi connectivity index (χ1n) is 7.06. The predicted octanol–water partition coefficient (Wildman–Crippen LogP) is 1.51. The highest BCUT2D eigenvalue weighted by molar-refractivity contribution is 6.30. The van der Waals surface area contributed by atoms with Gasteiger partial charge in [0.2, 0.25) is 5.91 Å². The average Bonchev–Trinajstić information content (AvgIpc) is 2.50. The van der Waals surface area contributed by atoms with Crippen molar-refractivity contribution in [2.75, 3.05) is 53.0 Å². The molecule has 1 aliphatic rings. The first-order chi connectivity index (χ1) is 10.2. The lowest BCUT2D eigenvalue weighted by molar-refractivity contribution is -0.136. The van der Waals surface area contributed by atoms with Gasteiger partial charge in [-0.25, -0.2) is 0 Å². The number of carbonyl (C=O) groups is 1. The molecule has 5 nitrogen and oxygen atoms in total. The van der Waals surface area contributed by atoms with E-state index in [4.69, 9.17) is 21.1 Å². The summed E-state index contributed by atoms with van der Waals surface area (Å²) in [4.78, 5) is 15.8. The van der Waals surface area contributed by atoms with Crippen molar-refractivity contribution < 1.29 is 14.3 Å². The van der Waals surface area contributed by atoms with Crippen molar-refractivity contribution in [3.8, 4) is 5.75 Å². The van der Waals surface area contributed by atoms with E-state index < -0.39 is 0 Å². The van der Waals surface area contributed by atoms with Crippen molar-refractivity contribution in [3.05, 3.63) is 29.3 Å². The van der Waals surface area contributed by atoms with E-state index in [0.717, 1.165) is 38.5 Å². The molecule has 116 valence electrons. The zero-order valence-corrected chi connectivity index (χ0v) is 13.0. The molecule has 0 spiro atoms. The summed E-state index contributed by atoms with van der Waals surface area (Å²) >= 11 is 5.82. The van der Waals surface area contributed by atoms with Crippen LogP contribution in [0.15, 0.2) is 24.3 Å². The maximum absolute atomic E-state index is 11.7. The van der Waals surface area contributed by atoms with Crippen LogP contribution in [0, 0.1) is 0 Å². The van der Waals surface area contributed by atoms with Crippen molar-refractivity contribution >= 4 is 17.5 Å². The Labute approximate surface area is 130 Å². The second-order valence-electron chi connectivity index (χ2n) is 4.96. The van der Waals surface area contributed by atoms with E-state index in [9.17, 15) is 4.79 Å². The Morgan fingerprint density at radius 1 is 1.19 bits per heavy atom. The zero-order chi connectivity index (χ0) is 15.1. The summed E-state index contributed by atoms with van der Waals surface area (Å²) in [5.41, 5.74) is 0. The lowest BCUT2D eigenvalue weighted by atomic mass is 10.3. The minimum atomic E-state index is 0.0644. The third-order valence-electron chi connectivity index (χ3n) is 3.48. The van der Waals surface area contributed by atoms with E-state index in [2.05, 4.69) is 4.90 Å². The highest BCUT2D eigenvalue weighted by atomic mass is 35.5. The van der Waals surface area contributed by atoms with Gasteiger partial charge < -0.3 is 14.4 Å². The summed E-state index contributed by atoms with van der Waals surface area (Å²) in [6, 6.07) is 7.36. The molecule has 0 N–H and O–H groups in total. The number of methoxy groups -OCH3 is 1. The summed E-state index contributed by atoms with van der Waals surface area (Å²) < 4.78 is 10.5. The molecule has 1 amide bonds. The molecule has 6 heteroatoms. The zero-order valence-electron chi connectivity index (χ0n) is 12.3. The minimum absolute atomic E-state index is 0.0644. The smallest absolute Gasteiger partial charge is 0.248 e. The Bertz CT molecular complexity index is 445. The summed E-state index contributed by atoms with van der Waals surface area (Å²) in [5, 5.41) is 0.708. The first-order valence-corrected chi connectivity index (χ1v) is 7.44. The Kier molecular flexibility index (Phi) is 6.29. The number of ether oxygens (including phenoxy) is 2. The second kappa shape index (κ2) is 8.22. The highest BCUT2D eigenvalue weighted by Crippen LogP contribution is 2.15. The maximum Gasteiger partial charge on any atom is 0.248 e. The number of benzene rings is 1. The van der Waals surface area contributed by atoms with Crippen LogP contribution in [-0.2, 0) is 9.53 Å². The normalized spacial score (nSPS) is 16.0. The number of carbonyl (C=O) groups excluding carboxylic acids is 1. The van der Waals surface area contributed by atoms with Gasteiger partial charge in [0.25, 0.3) is 0 Å². The van der Waals surface area contributed by atoms with E-state index in [1.54, 1.807) is 7.11 Å². The molecule has 0 aromatic heterocycles. The van der Waals surface area contributed by atoms with Gasteiger partial charge >= 0.3 is 0 Å². The van der Waals surface area contributed by atoms with Crippen LogP contribution in [0.4, 0.5) is 0 Å². The van der Waals surface area contributed by atoms with Crippen molar-refractivity contribution in [1.29, 1.82) is 0 Å². The molecule has 1 aromatic rings. The van der Waals surface area contributed by atoms with Crippen LogP contribution in [0.1, 0.15) is 0 Å². The van der Waals surface area contributed by atoms with Crippen LogP contribution in [0.25, 0.3) is 0 Å². The van der Waals surface area contributed by atoms with Crippen LogP contribution >= 0.6 is 11.6 Å². The number of amides is 1. The van der Waals surface area contributed by atoms with Crippen LogP contribution in [0.3, 0.4) is 0 Å². The number of hydrogen-bond donors (Lipinski definition) is 0. The van der Waals surface area contributed by atoms with Gasteiger partial charge in [-0.3, -0.25) is 9.69 Å². The molecule has 0 aliphatic carbocycles. The summed E-state index contributed by atoms with van der Waals surface area (Å²) in [7, 11) is 1.54. The molecule has 1 saturated heterocycles. The van der Waals surface area contributed by atoms with Gasteiger partial charge in [0.05, 0.1) is 0 Å². The molecule has 1 aromatic carbocycles. The molecule has 1 aliphatic heterocycles. The Hall–Kier alpha value is -1.30. The summed E-state index contributed by atoms with van der Waals surface area (Å²) in [5.74, 6) is 0.892. The molecular formula is C15H21ClN2O3. The average molecular weight is 313 g/mol. The fraction of sp³-hybridized carbons (Fsp3) is 0.533. The SMILES string of the molecule is COCC(=O)N1CCN(CCOc2ccc(Cl)cc2)CC1. The van der Waals surface area contributed by atoms with E-state index in [1.807, 2.05) is 29.2 Å². The second-order valence-corrected chi connectivity index (χ2v) is 5.39. The molecule has 21 heavy (non-hydrogen) atoms. The van der Waals surface area contributed by atoms with Crippen LogP contribution in [-0.4, -0.2) is 68.8 Å². The first kappa shape index (κ1) is 16.1. The van der Waals surface area contributed by atoms with Gasteiger partial charge in [0, 0.05) is 44.9 Å². The van der Waals surface area contributed by atoms with E-state index in [-0.39, 0.29) is 12.5 Å². The van der Waals surface area contributed by atoms with Gasteiger partial charge in [0.15, 0.2) is 0 Å². The van der Waals surface area contributed by atoms with Crippen molar-refractivity contribution in [2.45, 2.75) is 0 Å². The molecule has 0 unspecified atom stereocenters. The number of halogens is 1. The van der Waals surface area contributed by atoms with Crippen LogP contribution in [0.5, 0.6) is 5.75 Å². The van der Waals surface area contributed by atoms with Crippen molar-refractivity contribution in [3.63, 3.8) is 0 Å². The summed E-state index contributed by atoms with van der Waals surface area (Å²) in [6.45, 7) is 4.91. The third-order valence-corrected chi connectivity index (χ3v) is 3.73. The van der Waals surface area contributed by atoms with Crippen molar-refractivity contribution in [1.82, 2.24) is 9.80 Å². The predicted molar refractivity (Wildman–Crippen MR) is 81.8 cm³/mol. The minimum Gasteiger partial charge on any atom is -0.492 e. The molecule has 0 atom stereocenters. The van der Waals surface area contributed by atoms with E-state index in [1.165, 1.54) is 0 Å². The Balaban J connectivity index is 1.65. The molecule has 0 radical (unpaired) electrons. The molecule has 1 fully saturated rings. The van der Waals surface area contributed by atoms with E-state index in [0.29, 0.717) is 11.6 Å². The molecule has 2 rings (SSSR count). The molecular weight excluding hydrogens is 292 g/mol. The summed E-state index contributed by atoms with van der Waals surface area (Å²) in [6.07, 6.45) is 0. The highest BCUT2D eigenvalue weighted by Gasteiger charge is 2.20. The Morgan fingerprint density at radius 3 is 2.48 bits per heavy atom. The molecule has 1 heterocycles. The number of rotatable bonds is 6. The van der Waals surface area contributed by atoms with Crippen molar-refractivity contribution in [2.24, 2.45) is 0 Å². The monoisotopic (exact) mass is 312 g/mol. The fourth-order valence-corrected chi connectivity index (χ4v) is 2.39. The third kappa shape index (κ3) is 5.19. The number of nitrogens with zero attached hydrogens (tertiary/aromatic N) is 2. The lowest BCUT2D eigenvalue weighted by Crippen LogP contribution is -2.50. The Morgan fingerprint density at radius 2 is 1.86 bits per heavy atom. The van der Waals surface area contributed by atoms with Gasteiger partial charge in [0.1, 0.15) is 19.0 Å². The number of hydrogen-bond acceptors (Lipinski definition) is 4. The standard InChI is InChI=1S/C15H21ClN2O3/c1-20-12-15(19)18-8-6-17(7-9-18)10-11-21-14-4-2-13(16)3-5-14/h2-5H,6-12H2,1H3. The van der Waals surface area contributed by atoms with Gasteiger partial charge in [-0.05, 0) is 24.3 Å². The quantitative estimate of drug-likeness (QED) is 0.798. The largest absolute Gasteiger partial charge is 0.492 e. The van der Waals surface area contributed by atoms with E-state index >= 15 is 0 Å². The molecule has 0 bridgehead atoms. The molecule has 0 saturated carbocycles. The van der Waals surface area contributed by atoms with Crippen LogP contribution in [0.2, 0.25) is 5.02 Å². The number of piperazine rings is 1.